The second-order valence-electron chi connectivity index (χ2n) is 6.06. The summed E-state index contributed by atoms with van der Waals surface area (Å²) in [6.45, 7) is 1.22. The highest BCUT2D eigenvalue weighted by Crippen LogP contribution is 2.35. The highest BCUT2D eigenvalue weighted by atomic mass is 32.1. The molecule has 25 heavy (non-hydrogen) atoms. The van der Waals surface area contributed by atoms with Gasteiger partial charge in [-0.1, -0.05) is 41.7 Å². The molecule has 7 nitrogen and oxygen atoms in total. The Labute approximate surface area is 147 Å². The number of aliphatic hydroxyl groups is 1. The van der Waals surface area contributed by atoms with Crippen molar-refractivity contribution in [3.63, 3.8) is 0 Å². The van der Waals surface area contributed by atoms with Crippen molar-refractivity contribution in [2.24, 2.45) is 0 Å². The van der Waals surface area contributed by atoms with Gasteiger partial charge in [0.2, 0.25) is 5.01 Å². The lowest BCUT2D eigenvalue weighted by Crippen LogP contribution is -2.43. The molecule has 3 aromatic rings. The van der Waals surface area contributed by atoms with E-state index in [9.17, 15) is 9.90 Å². The summed E-state index contributed by atoms with van der Waals surface area (Å²) in [7, 11) is 0. The van der Waals surface area contributed by atoms with Crippen molar-refractivity contribution < 1.29 is 15.0 Å². The van der Waals surface area contributed by atoms with E-state index in [2.05, 4.69) is 15.0 Å². The molecule has 0 atom stereocenters. The Balaban J connectivity index is 1.61. The maximum absolute atomic E-state index is 11.2. The molecule has 2 aromatic heterocycles. The van der Waals surface area contributed by atoms with Crippen molar-refractivity contribution in [1.29, 1.82) is 0 Å². The molecule has 0 radical (unpaired) electrons. The molecule has 0 aliphatic carbocycles. The minimum Gasteiger partial charge on any atom is -0.476 e. The van der Waals surface area contributed by atoms with Gasteiger partial charge < -0.3 is 15.1 Å². The van der Waals surface area contributed by atoms with Crippen LogP contribution in [0.1, 0.15) is 28.2 Å². The fraction of sp³-hybridized carbons (Fsp3) is 0.294. The molecule has 1 aliphatic rings. The first-order chi connectivity index (χ1) is 12.1. The number of piperidine rings is 1. The molecule has 4 rings (SSSR count). The average Bonchev–Trinajstić information content (AvgIpc) is 3.08. The van der Waals surface area contributed by atoms with E-state index in [1.807, 2.05) is 35.2 Å². The summed E-state index contributed by atoms with van der Waals surface area (Å²) in [5.41, 5.74) is 0.581. The zero-order valence-electron chi connectivity index (χ0n) is 13.3. The van der Waals surface area contributed by atoms with Crippen LogP contribution in [-0.2, 0) is 5.60 Å². The molecular formula is C17H16N4O3S. The van der Waals surface area contributed by atoms with Gasteiger partial charge in [-0.3, -0.25) is 0 Å². The van der Waals surface area contributed by atoms with Gasteiger partial charge >= 0.3 is 5.97 Å². The van der Waals surface area contributed by atoms with Crippen LogP contribution < -0.4 is 4.90 Å². The van der Waals surface area contributed by atoms with Crippen LogP contribution in [0, 0.1) is 0 Å². The molecule has 0 amide bonds. The van der Waals surface area contributed by atoms with E-state index in [0.29, 0.717) is 42.1 Å². The number of anilines is 1. The van der Waals surface area contributed by atoms with Gasteiger partial charge in [-0.05, 0) is 18.4 Å². The number of thiazole rings is 1. The third-order valence-electron chi connectivity index (χ3n) is 4.56. The van der Waals surface area contributed by atoms with E-state index >= 15 is 0 Å². The maximum atomic E-state index is 11.2. The van der Waals surface area contributed by atoms with Gasteiger partial charge in [0, 0.05) is 13.1 Å². The normalized spacial score (nSPS) is 16.9. The van der Waals surface area contributed by atoms with Gasteiger partial charge in [0.05, 0.1) is 5.60 Å². The van der Waals surface area contributed by atoms with Crippen molar-refractivity contribution in [2.75, 3.05) is 18.0 Å². The first-order valence-corrected chi connectivity index (χ1v) is 8.76. The van der Waals surface area contributed by atoms with Crippen molar-refractivity contribution in [1.82, 2.24) is 15.0 Å². The second kappa shape index (κ2) is 6.05. The first kappa shape index (κ1) is 15.9. The number of carboxylic acid groups (broad SMARTS) is 1. The fourth-order valence-corrected chi connectivity index (χ4v) is 3.93. The minimum atomic E-state index is -1.06. The lowest BCUT2D eigenvalue weighted by Gasteiger charge is -2.39. The molecule has 2 N–H and O–H groups in total. The molecule has 1 aliphatic heterocycles. The third kappa shape index (κ3) is 2.83. The van der Waals surface area contributed by atoms with E-state index in [1.165, 1.54) is 6.33 Å². The van der Waals surface area contributed by atoms with Crippen LogP contribution in [0.4, 0.5) is 5.82 Å². The number of nitrogens with zero attached hydrogens (tertiary/aromatic N) is 4. The highest BCUT2D eigenvalue weighted by molar-refractivity contribution is 7.19. The maximum Gasteiger partial charge on any atom is 0.365 e. The van der Waals surface area contributed by atoms with Gasteiger partial charge in [-0.25, -0.2) is 19.7 Å². The van der Waals surface area contributed by atoms with Crippen molar-refractivity contribution in [3.05, 3.63) is 47.2 Å². The van der Waals surface area contributed by atoms with E-state index in [0.717, 1.165) is 16.9 Å². The van der Waals surface area contributed by atoms with Crippen LogP contribution in [0.15, 0.2) is 36.7 Å². The topological polar surface area (TPSA) is 99.4 Å². The number of fused-ring (bicyclic) bond motifs is 1. The SMILES string of the molecule is O=C(O)c1nc2c(N3CCC(O)(c4ccccc4)CC3)ncnc2s1. The molecule has 8 heteroatoms. The molecule has 0 unspecified atom stereocenters. The number of hydrogen-bond acceptors (Lipinski definition) is 7. The second-order valence-corrected chi connectivity index (χ2v) is 7.04. The molecule has 0 bridgehead atoms. The van der Waals surface area contributed by atoms with Crippen LogP contribution >= 0.6 is 11.3 Å². The largest absolute Gasteiger partial charge is 0.476 e. The van der Waals surface area contributed by atoms with Gasteiger partial charge in [0.25, 0.3) is 0 Å². The Morgan fingerprint density at radius 1 is 1.16 bits per heavy atom. The molecule has 0 spiro atoms. The number of benzene rings is 1. The monoisotopic (exact) mass is 356 g/mol. The fourth-order valence-electron chi connectivity index (χ4n) is 3.19. The molecular weight excluding hydrogens is 340 g/mol. The van der Waals surface area contributed by atoms with Crippen LogP contribution in [0.25, 0.3) is 10.3 Å². The van der Waals surface area contributed by atoms with Crippen molar-refractivity contribution in [2.45, 2.75) is 18.4 Å². The minimum absolute atomic E-state index is 0.00884. The smallest absolute Gasteiger partial charge is 0.365 e. The quantitative estimate of drug-likeness (QED) is 0.742. The molecule has 0 saturated carbocycles. The van der Waals surface area contributed by atoms with E-state index in [1.54, 1.807) is 0 Å². The number of hydrogen-bond donors (Lipinski definition) is 2. The standard InChI is InChI=1S/C17H16N4O3S/c22-16(23)15-20-12-13(18-10-19-14(12)25-15)21-8-6-17(24,7-9-21)11-4-2-1-3-5-11/h1-5,10,24H,6-9H2,(H,22,23). The summed E-state index contributed by atoms with van der Waals surface area (Å²) < 4.78 is 0. The highest BCUT2D eigenvalue weighted by Gasteiger charge is 2.35. The van der Waals surface area contributed by atoms with E-state index in [-0.39, 0.29) is 5.01 Å². The van der Waals surface area contributed by atoms with E-state index in [4.69, 9.17) is 5.11 Å². The van der Waals surface area contributed by atoms with Crippen molar-refractivity contribution in [3.8, 4) is 0 Å². The number of carboxylic acids is 1. The van der Waals surface area contributed by atoms with Gasteiger partial charge in [0.15, 0.2) is 5.82 Å². The zero-order chi connectivity index (χ0) is 17.4. The van der Waals surface area contributed by atoms with Crippen LogP contribution in [-0.4, -0.2) is 44.2 Å². The van der Waals surface area contributed by atoms with E-state index < -0.39 is 11.6 Å². The zero-order valence-corrected chi connectivity index (χ0v) is 14.1. The Morgan fingerprint density at radius 3 is 2.56 bits per heavy atom. The van der Waals surface area contributed by atoms with Gasteiger partial charge in [-0.2, -0.15) is 0 Å². The number of carbonyl (C=O) groups is 1. The molecule has 1 fully saturated rings. The van der Waals surface area contributed by atoms with Crippen LogP contribution in [0.3, 0.4) is 0 Å². The van der Waals surface area contributed by atoms with Gasteiger partial charge in [-0.15, -0.1) is 0 Å². The molecule has 128 valence electrons. The molecule has 3 heterocycles. The molecule has 1 saturated heterocycles. The summed E-state index contributed by atoms with van der Waals surface area (Å²) in [5, 5.41) is 20.1. The summed E-state index contributed by atoms with van der Waals surface area (Å²) in [6.07, 6.45) is 2.57. The Bertz CT molecular complexity index is 920. The lowest BCUT2D eigenvalue weighted by molar-refractivity contribution is 0.0117. The molecule has 1 aromatic carbocycles. The van der Waals surface area contributed by atoms with Gasteiger partial charge in [0.1, 0.15) is 16.7 Å². The number of rotatable bonds is 3. The summed E-state index contributed by atoms with van der Waals surface area (Å²) in [6, 6.07) is 9.67. The van der Waals surface area contributed by atoms with Crippen molar-refractivity contribution >= 4 is 33.5 Å². The van der Waals surface area contributed by atoms with Crippen LogP contribution in [0.5, 0.6) is 0 Å². The van der Waals surface area contributed by atoms with Crippen LogP contribution in [0.2, 0.25) is 0 Å². The number of aromatic carboxylic acids is 1. The summed E-state index contributed by atoms with van der Waals surface area (Å²) >= 11 is 1.04. The Kier molecular flexibility index (Phi) is 3.85. The summed E-state index contributed by atoms with van der Waals surface area (Å²) in [4.78, 5) is 26.4. The predicted octanol–water partition coefficient (Wildman–Crippen LogP) is 2.27. The lowest BCUT2D eigenvalue weighted by atomic mass is 9.84. The third-order valence-corrected chi connectivity index (χ3v) is 5.51. The number of aromatic nitrogens is 3. The Morgan fingerprint density at radius 2 is 1.88 bits per heavy atom. The predicted molar refractivity (Wildman–Crippen MR) is 94.0 cm³/mol. The average molecular weight is 356 g/mol. The summed E-state index contributed by atoms with van der Waals surface area (Å²) in [5.74, 6) is -0.435. The first-order valence-electron chi connectivity index (χ1n) is 7.94. The Hall–Kier alpha value is -2.58.